The second kappa shape index (κ2) is 11.6. The maximum Gasteiger partial charge on any atom is 0.189 e. The van der Waals surface area contributed by atoms with E-state index in [1.807, 2.05) is 42.5 Å². The number of aliphatic hydroxyl groups excluding tert-OH is 1. The molecule has 0 aliphatic heterocycles. The zero-order valence-electron chi connectivity index (χ0n) is 23.0. The molecule has 3 heterocycles. The topological polar surface area (TPSA) is 159 Å². The van der Waals surface area contributed by atoms with E-state index in [1.165, 1.54) is 11.6 Å². The van der Waals surface area contributed by atoms with Crippen molar-refractivity contribution in [2.75, 3.05) is 38.9 Å². The molecule has 1 saturated carbocycles. The third-order valence-corrected chi connectivity index (χ3v) is 8.84. The number of benzene rings is 1. The molecule has 3 aromatic heterocycles. The number of hydrogen-bond donors (Lipinski definition) is 2. The van der Waals surface area contributed by atoms with Crippen molar-refractivity contribution in [1.82, 2.24) is 19.6 Å². The van der Waals surface area contributed by atoms with Crippen LogP contribution in [-0.4, -0.2) is 77.7 Å². The predicted molar refractivity (Wildman–Crippen MR) is 153 cm³/mol. The van der Waals surface area contributed by atoms with E-state index >= 15 is 0 Å². The molecule has 0 saturated heterocycles. The molecule has 0 amide bonds. The number of nitrogen functional groups attached to an aromatic ring is 1. The highest BCUT2D eigenvalue weighted by Crippen LogP contribution is 2.43. The average Bonchev–Trinajstić information content (AvgIpc) is 3.41. The number of anilines is 1. The van der Waals surface area contributed by atoms with E-state index in [4.69, 9.17) is 20.2 Å². The van der Waals surface area contributed by atoms with E-state index in [0.29, 0.717) is 49.2 Å². The maximum absolute atomic E-state index is 13.0. The number of pyridine rings is 1. The third-order valence-electron chi connectivity index (χ3n) is 7.68. The number of nitrogens with two attached hydrogens (primary N) is 1. The number of sulfone groups is 1. The Morgan fingerprint density at radius 2 is 1.83 bits per heavy atom. The van der Waals surface area contributed by atoms with Gasteiger partial charge in [-0.25, -0.2) is 13.4 Å². The molecule has 0 bridgehead atoms. The second-order valence-corrected chi connectivity index (χ2v) is 12.2. The Labute approximate surface area is 238 Å². The van der Waals surface area contributed by atoms with E-state index < -0.39 is 27.8 Å². The van der Waals surface area contributed by atoms with Gasteiger partial charge in [-0.2, -0.15) is 9.61 Å². The van der Waals surface area contributed by atoms with Crippen molar-refractivity contribution in [1.29, 1.82) is 0 Å². The highest BCUT2D eigenvalue weighted by Gasteiger charge is 2.44. The Kier molecular flexibility index (Phi) is 8.18. The van der Waals surface area contributed by atoms with Gasteiger partial charge in [0.05, 0.1) is 30.8 Å². The molecule has 41 heavy (non-hydrogen) atoms. The molecule has 0 spiro atoms. The summed E-state index contributed by atoms with van der Waals surface area (Å²) < 4.78 is 38.3. The molecule has 1 aromatic carbocycles. The highest BCUT2D eigenvalue weighted by atomic mass is 32.2. The van der Waals surface area contributed by atoms with Gasteiger partial charge in [0.15, 0.2) is 21.3 Å². The lowest BCUT2D eigenvalue weighted by molar-refractivity contribution is -0.155. The van der Waals surface area contributed by atoms with Crippen LogP contribution in [0.3, 0.4) is 0 Å². The Morgan fingerprint density at radius 1 is 1.10 bits per heavy atom. The number of ether oxygens (including phenoxy) is 2. The minimum absolute atomic E-state index is 0.0211. The second-order valence-electron chi connectivity index (χ2n) is 10.3. The maximum atomic E-state index is 13.0. The van der Waals surface area contributed by atoms with Crippen LogP contribution in [0, 0.1) is 0 Å². The molecule has 1 aliphatic carbocycles. The number of methoxy groups -OCH3 is 1. The number of nitrogens with zero attached hydrogens (tertiary/aromatic N) is 4. The van der Waals surface area contributed by atoms with E-state index in [9.17, 15) is 18.3 Å². The summed E-state index contributed by atoms with van der Waals surface area (Å²) in [6.07, 6.45) is 5.86. The monoisotopic (exact) mass is 579 g/mol. The van der Waals surface area contributed by atoms with Crippen molar-refractivity contribution in [3.05, 3.63) is 60.6 Å². The van der Waals surface area contributed by atoms with Crippen molar-refractivity contribution in [2.24, 2.45) is 0 Å². The molecule has 0 unspecified atom stereocenters. The first kappa shape index (κ1) is 28.8. The van der Waals surface area contributed by atoms with Crippen molar-refractivity contribution in [3.63, 3.8) is 0 Å². The molecule has 11 nitrogen and oxygen atoms in total. The van der Waals surface area contributed by atoms with Gasteiger partial charge in [-0.1, -0.05) is 36.4 Å². The lowest BCUT2D eigenvalue weighted by Gasteiger charge is -2.38. The molecular formula is C29H33N5O6S. The molecule has 0 atom stereocenters. The minimum atomic E-state index is -3.78. The predicted octanol–water partition coefficient (Wildman–Crippen LogP) is 3.06. The lowest BCUT2D eigenvalue weighted by Crippen LogP contribution is -2.46. The molecule has 1 aliphatic rings. The van der Waals surface area contributed by atoms with E-state index in [1.54, 1.807) is 12.4 Å². The molecule has 4 aromatic rings. The number of ketones is 1. The van der Waals surface area contributed by atoms with Crippen LogP contribution >= 0.6 is 0 Å². The van der Waals surface area contributed by atoms with Crippen molar-refractivity contribution in [2.45, 2.75) is 42.1 Å². The van der Waals surface area contributed by atoms with Gasteiger partial charge < -0.3 is 20.3 Å². The fraction of sp³-hybridized carbons (Fsp3) is 0.379. The van der Waals surface area contributed by atoms with Crippen LogP contribution in [0.25, 0.3) is 28.0 Å². The van der Waals surface area contributed by atoms with Crippen LogP contribution < -0.4 is 5.73 Å². The van der Waals surface area contributed by atoms with Gasteiger partial charge in [-0.05, 0) is 31.7 Å². The first-order valence-corrected chi connectivity index (χ1v) is 15.2. The number of rotatable bonds is 10. The summed E-state index contributed by atoms with van der Waals surface area (Å²) in [5.74, 6) is -0.728. The third kappa shape index (κ3) is 5.60. The Balaban J connectivity index is 1.53. The van der Waals surface area contributed by atoms with Gasteiger partial charge in [0, 0.05) is 42.2 Å². The van der Waals surface area contributed by atoms with Gasteiger partial charge >= 0.3 is 0 Å². The summed E-state index contributed by atoms with van der Waals surface area (Å²) in [7, 11) is -2.24. The average molecular weight is 580 g/mol. The summed E-state index contributed by atoms with van der Waals surface area (Å²) in [6, 6.07) is 13.6. The fourth-order valence-electron chi connectivity index (χ4n) is 5.54. The van der Waals surface area contributed by atoms with Gasteiger partial charge in [-0.15, -0.1) is 0 Å². The number of aliphatic hydroxyl groups is 1. The molecule has 1 fully saturated rings. The van der Waals surface area contributed by atoms with Crippen LogP contribution in [0.15, 0.2) is 59.8 Å². The fourth-order valence-corrected chi connectivity index (χ4v) is 6.60. The minimum Gasteiger partial charge on any atom is -0.388 e. The van der Waals surface area contributed by atoms with Gasteiger partial charge in [0.2, 0.25) is 0 Å². The van der Waals surface area contributed by atoms with E-state index in [2.05, 4.69) is 10.1 Å². The Morgan fingerprint density at radius 3 is 2.44 bits per heavy atom. The number of carbonyl (C=O) groups excluding carboxylic acids is 1. The number of carbonyl (C=O) groups is 1. The van der Waals surface area contributed by atoms with Gasteiger partial charge in [-0.3, -0.25) is 9.78 Å². The van der Waals surface area contributed by atoms with Crippen LogP contribution in [0.4, 0.5) is 5.82 Å². The first-order valence-electron chi connectivity index (χ1n) is 13.3. The number of Topliss-reactive ketones (excluding diaryl/α,β-unsaturated/α-hetero) is 1. The normalized spacial score (nSPS) is 19.4. The molecule has 12 heteroatoms. The van der Waals surface area contributed by atoms with Crippen LogP contribution in [0.5, 0.6) is 0 Å². The summed E-state index contributed by atoms with van der Waals surface area (Å²) in [5.41, 5.74) is 9.27. The Hall–Kier alpha value is -3.71. The van der Waals surface area contributed by atoms with Crippen molar-refractivity contribution >= 4 is 27.1 Å². The lowest BCUT2D eigenvalue weighted by atomic mass is 9.75. The SMILES string of the molecule is COCCOC1(C(=O)CO)CCC(c2nc3c(-c4ccc(-c5ccccc5)nc4)cnn3c(N)c2S(C)(=O)=O)CC1. The summed E-state index contributed by atoms with van der Waals surface area (Å²) >= 11 is 0. The Bertz CT molecular complexity index is 1650. The molecule has 0 radical (unpaired) electrons. The van der Waals surface area contributed by atoms with Crippen LogP contribution in [0.1, 0.15) is 37.3 Å². The first-order chi connectivity index (χ1) is 19.7. The van der Waals surface area contributed by atoms with Crippen LogP contribution in [0.2, 0.25) is 0 Å². The van der Waals surface area contributed by atoms with Crippen molar-refractivity contribution < 1.29 is 27.8 Å². The molecule has 5 rings (SSSR count). The zero-order valence-corrected chi connectivity index (χ0v) is 23.8. The van der Waals surface area contributed by atoms with E-state index in [0.717, 1.165) is 23.1 Å². The van der Waals surface area contributed by atoms with Crippen LogP contribution in [-0.2, 0) is 24.1 Å². The molecule has 216 valence electrons. The quantitative estimate of drug-likeness (QED) is 0.267. The molecule has 3 N–H and O–H groups in total. The smallest absolute Gasteiger partial charge is 0.189 e. The summed E-state index contributed by atoms with van der Waals surface area (Å²) in [6.45, 7) is -0.128. The highest BCUT2D eigenvalue weighted by molar-refractivity contribution is 7.91. The zero-order chi connectivity index (χ0) is 29.2. The summed E-state index contributed by atoms with van der Waals surface area (Å²) in [4.78, 5) is 22.1. The standard InChI is InChI=1S/C29H33N5O6S/c1-39-14-15-40-29(24(36)18-35)12-10-20(11-13-29)25-26(41(2,37)38)27(30)34-28(33-25)22(17-32-34)21-8-9-23(31-16-21)19-6-4-3-5-7-19/h3-9,16-17,20,35H,10-15,18,30H2,1-2H3. The number of aromatic nitrogens is 4. The van der Waals surface area contributed by atoms with E-state index in [-0.39, 0.29) is 23.2 Å². The number of hydrogen-bond acceptors (Lipinski definition) is 10. The van der Waals surface area contributed by atoms with Gasteiger partial charge in [0.1, 0.15) is 22.9 Å². The van der Waals surface area contributed by atoms with Crippen molar-refractivity contribution in [3.8, 4) is 22.4 Å². The van der Waals surface area contributed by atoms with Gasteiger partial charge in [0.25, 0.3) is 0 Å². The molecular weight excluding hydrogens is 546 g/mol. The number of fused-ring (bicyclic) bond motifs is 1. The summed E-state index contributed by atoms with van der Waals surface area (Å²) in [5, 5.41) is 14.0. The largest absolute Gasteiger partial charge is 0.388 e.